The third-order valence-electron chi connectivity index (χ3n) is 4.04. The van der Waals surface area contributed by atoms with Gasteiger partial charge in [0.05, 0.1) is 23.2 Å². The van der Waals surface area contributed by atoms with Gasteiger partial charge >= 0.3 is 13.5 Å². The normalized spacial score (nSPS) is 23.6. The van der Waals surface area contributed by atoms with Gasteiger partial charge in [0.15, 0.2) is 0 Å². The second kappa shape index (κ2) is 7.96. The van der Waals surface area contributed by atoms with E-state index in [0.29, 0.717) is 12.8 Å². The van der Waals surface area contributed by atoms with Gasteiger partial charge in [-0.3, -0.25) is 0 Å². The Morgan fingerprint density at radius 2 is 1.36 bits per heavy atom. The highest BCUT2D eigenvalue weighted by molar-refractivity contribution is 6.30. The zero-order valence-electron chi connectivity index (χ0n) is 13.4. The number of hydrogen-bond donors (Lipinski definition) is 4. The highest BCUT2D eigenvalue weighted by Crippen LogP contribution is 2.41. The van der Waals surface area contributed by atoms with Crippen LogP contribution in [0.4, 0.5) is 13.2 Å². The Balaban J connectivity index is 0.000000980. The van der Waals surface area contributed by atoms with Gasteiger partial charge in [-0.2, -0.15) is 13.2 Å². The van der Waals surface area contributed by atoms with Gasteiger partial charge in [0.25, 0.3) is 0 Å². The minimum absolute atomic E-state index is 0.121. The van der Waals surface area contributed by atoms with Crippen molar-refractivity contribution in [3.63, 3.8) is 0 Å². The second-order valence-corrected chi connectivity index (χ2v) is 6.50. The van der Waals surface area contributed by atoms with Gasteiger partial charge in [-0.05, 0) is 40.5 Å². The maximum Gasteiger partial charge on any atom is 0.631 e. The van der Waals surface area contributed by atoms with Gasteiger partial charge in [0.2, 0.25) is 0 Å². The third kappa shape index (κ3) is 7.28. The molecule has 132 valence electrons. The van der Waals surface area contributed by atoms with Gasteiger partial charge in [0.1, 0.15) is 0 Å². The van der Waals surface area contributed by atoms with Crippen LogP contribution >= 0.6 is 0 Å². The molecule has 0 bridgehead atoms. The van der Waals surface area contributed by atoms with Crippen molar-refractivity contribution in [2.45, 2.75) is 76.9 Å². The minimum atomic E-state index is -4.22. The Bertz CT molecular complexity index is 326. The highest BCUT2D eigenvalue weighted by Gasteiger charge is 2.49. The summed E-state index contributed by atoms with van der Waals surface area (Å²) in [6, 6.07) is 0. The molecule has 4 N–H and O–H groups in total. The van der Waals surface area contributed by atoms with Crippen molar-refractivity contribution < 1.29 is 38.1 Å². The summed E-state index contributed by atoms with van der Waals surface area (Å²) in [4.78, 5) is 0. The molecule has 0 aromatic carbocycles. The smallest absolute Gasteiger partial charge is 0.402 e. The van der Waals surface area contributed by atoms with Gasteiger partial charge in [-0.25, -0.2) is 0 Å². The lowest BCUT2D eigenvalue weighted by atomic mass is 9.83. The van der Waals surface area contributed by atoms with E-state index in [1.165, 1.54) is 0 Å². The Morgan fingerprint density at radius 1 is 0.955 bits per heavy atom. The van der Waals surface area contributed by atoms with Crippen molar-refractivity contribution in [2.24, 2.45) is 5.92 Å². The van der Waals surface area contributed by atoms with Crippen molar-refractivity contribution >= 4 is 7.32 Å². The van der Waals surface area contributed by atoms with Crippen molar-refractivity contribution in [3.05, 3.63) is 0 Å². The average molecular weight is 330 g/mol. The van der Waals surface area contributed by atoms with E-state index < -0.39 is 36.7 Å². The van der Waals surface area contributed by atoms with Crippen LogP contribution in [0.1, 0.15) is 53.4 Å². The van der Waals surface area contributed by atoms with E-state index in [4.69, 9.17) is 19.8 Å². The molecule has 1 rings (SSSR count). The van der Waals surface area contributed by atoms with Crippen molar-refractivity contribution in [1.29, 1.82) is 0 Å². The summed E-state index contributed by atoms with van der Waals surface area (Å²) in [7, 11) is -2.17. The van der Waals surface area contributed by atoms with Gasteiger partial charge in [-0.15, -0.1) is 0 Å². The van der Waals surface area contributed by atoms with E-state index in [-0.39, 0.29) is 6.42 Å². The number of ether oxygens (including phenoxy) is 1. The molecule has 1 fully saturated rings. The fourth-order valence-electron chi connectivity index (χ4n) is 2.13. The summed E-state index contributed by atoms with van der Waals surface area (Å²) >= 11 is 0. The average Bonchev–Trinajstić information content (AvgIpc) is 2.25. The van der Waals surface area contributed by atoms with E-state index in [1.807, 2.05) is 0 Å². The van der Waals surface area contributed by atoms with Crippen molar-refractivity contribution in [1.82, 2.24) is 0 Å². The summed E-state index contributed by atoms with van der Waals surface area (Å²) in [5.74, 6) is -1.41. The quantitative estimate of drug-likeness (QED) is 0.591. The molecule has 22 heavy (non-hydrogen) atoms. The molecule has 9 heteroatoms. The summed E-state index contributed by atoms with van der Waals surface area (Å²) in [5.41, 5.74) is -2.18. The molecule has 0 saturated heterocycles. The van der Waals surface area contributed by atoms with Crippen LogP contribution < -0.4 is 0 Å². The molecule has 0 amide bonds. The van der Waals surface area contributed by atoms with Crippen LogP contribution in [0.5, 0.6) is 0 Å². The first kappa shape index (κ1) is 21.7. The van der Waals surface area contributed by atoms with E-state index in [0.717, 1.165) is 6.42 Å². The summed E-state index contributed by atoms with van der Waals surface area (Å²) < 4.78 is 44.4. The number of rotatable bonds is 3. The van der Waals surface area contributed by atoms with Gasteiger partial charge in [0, 0.05) is 0 Å². The highest BCUT2D eigenvalue weighted by atomic mass is 19.4. The molecular weight excluding hydrogens is 304 g/mol. The molecule has 1 aliphatic carbocycles. The van der Waals surface area contributed by atoms with E-state index in [2.05, 4.69) is 0 Å². The lowest BCUT2D eigenvalue weighted by Gasteiger charge is -2.43. The number of hydrogen-bond acceptors (Lipinski definition) is 5. The maximum atomic E-state index is 12.9. The zero-order valence-corrected chi connectivity index (χ0v) is 13.4. The molecule has 5 nitrogen and oxygen atoms in total. The Kier molecular flexibility index (Phi) is 7.84. The van der Waals surface area contributed by atoms with E-state index in [1.54, 1.807) is 27.7 Å². The van der Waals surface area contributed by atoms with Crippen LogP contribution in [0.15, 0.2) is 0 Å². The molecule has 1 saturated carbocycles. The first-order chi connectivity index (χ1) is 9.68. The topological polar surface area (TPSA) is 90.2 Å². The van der Waals surface area contributed by atoms with Crippen molar-refractivity contribution in [3.8, 4) is 0 Å². The predicted octanol–water partition coefficient (Wildman–Crippen LogP) is 1.62. The minimum Gasteiger partial charge on any atom is -0.402 e. The lowest BCUT2D eigenvalue weighted by molar-refractivity contribution is -0.253. The number of halogens is 3. The largest absolute Gasteiger partial charge is 0.631 e. The van der Waals surface area contributed by atoms with Crippen LogP contribution in [-0.2, 0) is 4.74 Å². The molecular formula is C13H26BF3O5. The Morgan fingerprint density at radius 3 is 1.73 bits per heavy atom. The fourth-order valence-corrected chi connectivity index (χ4v) is 2.13. The van der Waals surface area contributed by atoms with Crippen molar-refractivity contribution in [2.75, 3.05) is 0 Å². The number of alkyl halides is 3. The molecule has 0 aromatic rings. The number of aliphatic hydroxyl groups is 1. The molecule has 0 aromatic heterocycles. The van der Waals surface area contributed by atoms with Crippen LogP contribution in [0.25, 0.3) is 0 Å². The maximum absolute atomic E-state index is 12.9. The molecule has 1 aliphatic rings. The molecule has 0 aliphatic heterocycles. The zero-order chi connectivity index (χ0) is 17.8. The molecule has 0 radical (unpaired) electrons. The lowest BCUT2D eigenvalue weighted by Crippen LogP contribution is -2.52. The standard InChI is InChI=1S/C13H23F3O2.BH3O3/c1-11(2,17)12(3,4)18-10-8-6-5-7-9(10)13(14,15)16;2-1(3)4/h9-10,17H,5-8H2,1-4H3;2-4H. The molecule has 0 heterocycles. The fraction of sp³-hybridized carbons (Fsp3) is 1.00. The SMILES string of the molecule is CC(C)(O)C(C)(C)OC1CCCCC1C(F)(F)F.OB(O)O. The first-order valence-electron chi connectivity index (χ1n) is 7.19. The van der Waals surface area contributed by atoms with Gasteiger partial charge in [-0.1, -0.05) is 12.8 Å². The predicted molar refractivity (Wildman–Crippen MR) is 75.7 cm³/mol. The second-order valence-electron chi connectivity index (χ2n) is 6.50. The monoisotopic (exact) mass is 330 g/mol. The Hall–Kier alpha value is -0.345. The van der Waals surface area contributed by atoms with Crippen LogP contribution in [0, 0.1) is 5.92 Å². The van der Waals surface area contributed by atoms with E-state index in [9.17, 15) is 18.3 Å². The third-order valence-corrected chi connectivity index (χ3v) is 4.04. The molecule has 0 spiro atoms. The summed E-state index contributed by atoms with van der Waals surface area (Å²) in [5, 5.41) is 31.5. The summed E-state index contributed by atoms with van der Waals surface area (Å²) in [6.07, 6.45) is -3.20. The molecule has 2 atom stereocenters. The summed E-state index contributed by atoms with van der Waals surface area (Å²) in [6.45, 7) is 6.38. The van der Waals surface area contributed by atoms with Crippen LogP contribution in [-0.4, -0.2) is 51.0 Å². The van der Waals surface area contributed by atoms with E-state index >= 15 is 0 Å². The Labute approximate surface area is 129 Å². The van der Waals surface area contributed by atoms with Gasteiger partial charge < -0.3 is 24.9 Å². The van der Waals surface area contributed by atoms with Crippen LogP contribution in [0.3, 0.4) is 0 Å². The van der Waals surface area contributed by atoms with Crippen LogP contribution in [0.2, 0.25) is 0 Å². The first-order valence-corrected chi connectivity index (χ1v) is 7.19. The molecule has 2 unspecified atom stereocenters.